The van der Waals surface area contributed by atoms with Gasteiger partial charge in [0.1, 0.15) is 6.54 Å². The minimum atomic E-state index is -0.349. The van der Waals surface area contributed by atoms with Gasteiger partial charge in [0, 0.05) is 30.6 Å². The van der Waals surface area contributed by atoms with E-state index in [0.29, 0.717) is 30.2 Å². The minimum Gasteiger partial charge on any atom is -0.493 e. The maximum absolute atomic E-state index is 12.2. The van der Waals surface area contributed by atoms with Crippen molar-refractivity contribution in [1.29, 1.82) is 0 Å². The molecule has 0 bridgehead atoms. The van der Waals surface area contributed by atoms with Crippen LogP contribution in [0.1, 0.15) is 5.56 Å². The van der Waals surface area contributed by atoms with Crippen LogP contribution in [-0.2, 0) is 17.8 Å². The van der Waals surface area contributed by atoms with Gasteiger partial charge in [-0.2, -0.15) is 5.10 Å². The Bertz CT molecular complexity index is 1030. The molecule has 3 rings (SSSR count). The fraction of sp³-hybridized carbons (Fsp3) is 0.238. The van der Waals surface area contributed by atoms with Gasteiger partial charge < -0.3 is 14.8 Å². The van der Waals surface area contributed by atoms with Crippen LogP contribution < -0.4 is 20.3 Å². The van der Waals surface area contributed by atoms with Crippen LogP contribution in [0, 0.1) is 0 Å². The Balaban J connectivity index is 1.69. The van der Waals surface area contributed by atoms with E-state index in [1.54, 1.807) is 44.8 Å². The van der Waals surface area contributed by atoms with E-state index in [0.717, 1.165) is 15.8 Å². The average Bonchev–Trinajstić information content (AvgIpc) is 2.75. The molecule has 8 heteroatoms. The molecule has 1 N–H and O–H groups in total. The molecular weight excluding hydrogens is 372 g/mol. The molecule has 2 aromatic heterocycles. The SMILES string of the molecule is COc1ccc(-c2ccc(=O)n(CC(=O)NCCc3ccncc3)n2)cc1OC. The topological polar surface area (TPSA) is 95.3 Å². The second-order valence-electron chi connectivity index (χ2n) is 6.24. The van der Waals surface area contributed by atoms with Crippen molar-refractivity contribution in [1.82, 2.24) is 20.1 Å². The lowest BCUT2D eigenvalue weighted by Crippen LogP contribution is -2.34. The van der Waals surface area contributed by atoms with E-state index in [9.17, 15) is 9.59 Å². The monoisotopic (exact) mass is 394 g/mol. The number of nitrogens with one attached hydrogen (secondary N) is 1. The number of carbonyl (C=O) groups is 1. The zero-order valence-electron chi connectivity index (χ0n) is 16.3. The first-order valence-electron chi connectivity index (χ1n) is 9.07. The number of methoxy groups -OCH3 is 2. The second-order valence-corrected chi connectivity index (χ2v) is 6.24. The van der Waals surface area contributed by atoms with Crippen molar-refractivity contribution < 1.29 is 14.3 Å². The van der Waals surface area contributed by atoms with Gasteiger partial charge in [-0.1, -0.05) is 0 Å². The number of ether oxygens (including phenoxy) is 2. The fourth-order valence-electron chi connectivity index (χ4n) is 2.80. The van der Waals surface area contributed by atoms with Crippen molar-refractivity contribution in [3.8, 4) is 22.8 Å². The van der Waals surface area contributed by atoms with Gasteiger partial charge in [-0.3, -0.25) is 14.6 Å². The van der Waals surface area contributed by atoms with Crippen LogP contribution in [0.2, 0.25) is 0 Å². The highest BCUT2D eigenvalue weighted by atomic mass is 16.5. The van der Waals surface area contributed by atoms with E-state index in [2.05, 4.69) is 15.4 Å². The predicted octanol–water partition coefficient (Wildman–Crippen LogP) is 1.68. The molecule has 1 aromatic carbocycles. The lowest BCUT2D eigenvalue weighted by Gasteiger charge is -2.11. The molecule has 1 amide bonds. The Labute approximate surface area is 168 Å². The largest absolute Gasteiger partial charge is 0.493 e. The summed E-state index contributed by atoms with van der Waals surface area (Å²) in [7, 11) is 3.11. The first-order chi connectivity index (χ1) is 14.1. The summed E-state index contributed by atoms with van der Waals surface area (Å²) in [5.74, 6) is 0.870. The van der Waals surface area contributed by atoms with Crippen molar-refractivity contribution in [2.75, 3.05) is 20.8 Å². The smallest absolute Gasteiger partial charge is 0.267 e. The van der Waals surface area contributed by atoms with Crippen LogP contribution in [-0.4, -0.2) is 41.4 Å². The fourth-order valence-corrected chi connectivity index (χ4v) is 2.80. The Kier molecular flexibility index (Phi) is 6.57. The van der Waals surface area contributed by atoms with Crippen molar-refractivity contribution >= 4 is 5.91 Å². The molecule has 0 saturated heterocycles. The van der Waals surface area contributed by atoms with Gasteiger partial charge in [0.05, 0.1) is 19.9 Å². The van der Waals surface area contributed by atoms with Gasteiger partial charge in [-0.05, 0) is 48.4 Å². The number of benzene rings is 1. The molecule has 3 aromatic rings. The minimum absolute atomic E-state index is 0.156. The van der Waals surface area contributed by atoms with Crippen molar-refractivity contribution in [2.45, 2.75) is 13.0 Å². The van der Waals surface area contributed by atoms with Crippen LogP contribution >= 0.6 is 0 Å². The number of hydrogen-bond acceptors (Lipinski definition) is 6. The molecule has 2 heterocycles. The number of amides is 1. The van der Waals surface area contributed by atoms with Gasteiger partial charge in [0.25, 0.3) is 5.56 Å². The van der Waals surface area contributed by atoms with Gasteiger partial charge in [-0.25, -0.2) is 4.68 Å². The number of rotatable bonds is 8. The molecule has 0 aliphatic heterocycles. The van der Waals surface area contributed by atoms with Crippen molar-refractivity contribution in [3.05, 3.63) is 70.8 Å². The molecule has 29 heavy (non-hydrogen) atoms. The van der Waals surface area contributed by atoms with Crippen LogP contribution in [0.3, 0.4) is 0 Å². The van der Waals surface area contributed by atoms with Gasteiger partial charge in [0.2, 0.25) is 5.91 Å². The zero-order chi connectivity index (χ0) is 20.6. The van der Waals surface area contributed by atoms with Crippen LogP contribution in [0.15, 0.2) is 59.7 Å². The molecule has 150 valence electrons. The zero-order valence-corrected chi connectivity index (χ0v) is 16.3. The highest BCUT2D eigenvalue weighted by molar-refractivity contribution is 5.75. The third kappa shape index (κ3) is 5.19. The van der Waals surface area contributed by atoms with E-state index < -0.39 is 0 Å². The maximum Gasteiger partial charge on any atom is 0.267 e. The van der Waals surface area contributed by atoms with Crippen LogP contribution in [0.4, 0.5) is 0 Å². The third-order valence-electron chi connectivity index (χ3n) is 4.32. The summed E-state index contributed by atoms with van der Waals surface area (Å²) in [6.07, 6.45) is 4.10. The number of aromatic nitrogens is 3. The van der Waals surface area contributed by atoms with Gasteiger partial charge in [0.15, 0.2) is 11.5 Å². The molecule has 0 unspecified atom stereocenters. The van der Waals surface area contributed by atoms with Crippen molar-refractivity contribution in [3.63, 3.8) is 0 Å². The maximum atomic E-state index is 12.2. The van der Waals surface area contributed by atoms with Crippen LogP contribution in [0.25, 0.3) is 11.3 Å². The van der Waals surface area contributed by atoms with E-state index in [-0.39, 0.29) is 18.0 Å². The summed E-state index contributed by atoms with van der Waals surface area (Å²) in [6.45, 7) is 0.309. The molecule has 0 atom stereocenters. The Morgan fingerprint density at radius 1 is 1.03 bits per heavy atom. The molecule has 0 aliphatic rings. The Morgan fingerprint density at radius 2 is 1.79 bits per heavy atom. The van der Waals surface area contributed by atoms with Gasteiger partial charge in [-0.15, -0.1) is 0 Å². The Morgan fingerprint density at radius 3 is 2.52 bits per heavy atom. The normalized spacial score (nSPS) is 10.4. The standard InChI is InChI=1S/C21H22N4O4/c1-28-18-5-3-16(13-19(18)29-2)17-4-6-21(27)25(24-17)14-20(26)23-12-9-15-7-10-22-11-8-15/h3-8,10-11,13H,9,12,14H2,1-2H3,(H,23,26). The first-order valence-corrected chi connectivity index (χ1v) is 9.07. The van der Waals surface area contributed by atoms with E-state index in [1.807, 2.05) is 18.2 Å². The lowest BCUT2D eigenvalue weighted by atomic mass is 10.1. The van der Waals surface area contributed by atoms with E-state index >= 15 is 0 Å². The number of hydrogen-bond donors (Lipinski definition) is 1. The first kappa shape index (κ1) is 20.1. The second kappa shape index (κ2) is 9.50. The predicted molar refractivity (Wildman–Crippen MR) is 108 cm³/mol. The molecular formula is C21H22N4O4. The molecule has 0 saturated carbocycles. The third-order valence-corrected chi connectivity index (χ3v) is 4.32. The molecule has 0 spiro atoms. The highest BCUT2D eigenvalue weighted by Gasteiger charge is 2.10. The average molecular weight is 394 g/mol. The molecule has 0 fully saturated rings. The summed E-state index contributed by atoms with van der Waals surface area (Å²) in [5.41, 5.74) is 2.02. The van der Waals surface area contributed by atoms with Gasteiger partial charge >= 0.3 is 0 Å². The van der Waals surface area contributed by atoms with E-state index in [4.69, 9.17) is 9.47 Å². The number of carbonyl (C=O) groups excluding carboxylic acids is 1. The van der Waals surface area contributed by atoms with Crippen LogP contribution in [0.5, 0.6) is 11.5 Å². The highest BCUT2D eigenvalue weighted by Crippen LogP contribution is 2.31. The quantitative estimate of drug-likeness (QED) is 0.625. The van der Waals surface area contributed by atoms with E-state index in [1.165, 1.54) is 6.07 Å². The summed E-state index contributed by atoms with van der Waals surface area (Å²) in [6, 6.07) is 12.1. The lowest BCUT2D eigenvalue weighted by molar-refractivity contribution is -0.121. The summed E-state index contributed by atoms with van der Waals surface area (Å²) in [5, 5.41) is 7.12. The summed E-state index contributed by atoms with van der Waals surface area (Å²) >= 11 is 0. The Hall–Kier alpha value is -3.68. The molecule has 0 radical (unpaired) electrons. The number of nitrogens with zero attached hydrogens (tertiary/aromatic N) is 3. The summed E-state index contributed by atoms with van der Waals surface area (Å²) in [4.78, 5) is 28.3. The molecule has 0 aliphatic carbocycles. The number of pyridine rings is 1. The molecule has 8 nitrogen and oxygen atoms in total. The van der Waals surface area contributed by atoms with Crippen molar-refractivity contribution in [2.24, 2.45) is 0 Å². The summed E-state index contributed by atoms with van der Waals surface area (Å²) < 4.78 is 11.7.